The largest absolute Gasteiger partial charge is 0.486 e. The number of nitrogens with zero attached hydrogens (tertiary/aromatic N) is 1. The summed E-state index contributed by atoms with van der Waals surface area (Å²) in [5, 5.41) is 3.23. The molecule has 0 bridgehead atoms. The minimum absolute atomic E-state index is 0.0744. The molecule has 1 heterocycles. The van der Waals surface area contributed by atoms with Crippen LogP contribution in [-0.4, -0.2) is 49.6 Å². The number of amides is 2. The fourth-order valence-electron chi connectivity index (χ4n) is 2.61. The van der Waals surface area contributed by atoms with E-state index in [1.165, 1.54) is 0 Å². The molecule has 1 aliphatic heterocycles. The first-order valence-electron chi connectivity index (χ1n) is 8.67. The van der Waals surface area contributed by atoms with Crippen molar-refractivity contribution in [2.24, 2.45) is 0 Å². The van der Waals surface area contributed by atoms with Gasteiger partial charge in [-0.2, -0.15) is 0 Å². The van der Waals surface area contributed by atoms with Crippen LogP contribution in [0.15, 0.2) is 12.1 Å². The van der Waals surface area contributed by atoms with Gasteiger partial charge < -0.3 is 19.7 Å². The van der Waals surface area contributed by atoms with Crippen LogP contribution < -0.4 is 14.8 Å². The fraction of sp³-hybridized carbons (Fsp3) is 0.556. The molecule has 2 rings (SSSR count). The van der Waals surface area contributed by atoms with Gasteiger partial charge in [0.25, 0.3) is 0 Å². The second kappa shape index (κ2) is 9.51. The van der Waals surface area contributed by atoms with Crippen molar-refractivity contribution < 1.29 is 19.1 Å². The van der Waals surface area contributed by atoms with Crippen molar-refractivity contribution in [2.45, 2.75) is 33.1 Å². The van der Waals surface area contributed by atoms with Crippen LogP contribution in [0, 0.1) is 0 Å². The summed E-state index contributed by atoms with van der Waals surface area (Å²) in [6.07, 6.45) is 1.81. The zero-order chi connectivity index (χ0) is 18.2. The van der Waals surface area contributed by atoms with E-state index < -0.39 is 0 Å². The van der Waals surface area contributed by atoms with E-state index in [-0.39, 0.29) is 24.8 Å². The molecule has 1 N–H and O–H groups in total. The normalized spacial score (nSPS) is 12.6. The molecule has 0 saturated carbocycles. The van der Waals surface area contributed by atoms with Crippen LogP contribution >= 0.6 is 11.6 Å². The number of fused-ring (bicyclic) bond motifs is 1. The fourth-order valence-corrected chi connectivity index (χ4v) is 2.90. The van der Waals surface area contributed by atoms with E-state index in [0.717, 1.165) is 18.4 Å². The van der Waals surface area contributed by atoms with Crippen molar-refractivity contribution in [2.75, 3.05) is 32.8 Å². The van der Waals surface area contributed by atoms with Crippen molar-refractivity contribution in [1.29, 1.82) is 0 Å². The molecule has 0 saturated heterocycles. The number of rotatable bonds is 8. The van der Waals surface area contributed by atoms with E-state index in [1.54, 1.807) is 17.0 Å². The highest BCUT2D eigenvalue weighted by atomic mass is 35.5. The number of halogens is 1. The maximum Gasteiger partial charge on any atom is 0.239 e. The lowest BCUT2D eigenvalue weighted by molar-refractivity contribution is -0.135. The maximum atomic E-state index is 12.6. The molecule has 25 heavy (non-hydrogen) atoms. The van der Waals surface area contributed by atoms with E-state index in [1.807, 2.05) is 13.8 Å². The molecular weight excluding hydrogens is 344 g/mol. The molecule has 138 valence electrons. The van der Waals surface area contributed by atoms with Crippen molar-refractivity contribution in [3.8, 4) is 11.5 Å². The third-order valence-corrected chi connectivity index (χ3v) is 4.05. The zero-order valence-corrected chi connectivity index (χ0v) is 15.5. The Bertz CT molecular complexity index is 621. The quantitative estimate of drug-likeness (QED) is 0.765. The van der Waals surface area contributed by atoms with E-state index in [9.17, 15) is 9.59 Å². The van der Waals surface area contributed by atoms with Gasteiger partial charge in [-0.25, -0.2) is 0 Å². The zero-order valence-electron chi connectivity index (χ0n) is 14.8. The summed E-state index contributed by atoms with van der Waals surface area (Å²) < 4.78 is 11.0. The van der Waals surface area contributed by atoms with Crippen LogP contribution in [-0.2, 0) is 16.0 Å². The summed E-state index contributed by atoms with van der Waals surface area (Å²) in [5.74, 6) is 0.836. The average molecular weight is 369 g/mol. The van der Waals surface area contributed by atoms with E-state index >= 15 is 0 Å². The maximum absolute atomic E-state index is 12.6. The topological polar surface area (TPSA) is 67.9 Å². The number of ether oxygens (including phenoxy) is 2. The number of hydrogen-bond acceptors (Lipinski definition) is 4. The van der Waals surface area contributed by atoms with Crippen molar-refractivity contribution in [3.63, 3.8) is 0 Å². The van der Waals surface area contributed by atoms with Gasteiger partial charge in [0.1, 0.15) is 13.2 Å². The molecule has 1 aliphatic rings. The Morgan fingerprint density at radius 3 is 2.68 bits per heavy atom. The second-order valence-electron chi connectivity index (χ2n) is 5.94. The number of carbonyl (C=O) groups is 2. The summed E-state index contributed by atoms with van der Waals surface area (Å²) in [6.45, 7) is 6.11. The van der Waals surface area contributed by atoms with Crippen LogP contribution in [0.3, 0.4) is 0 Å². The first-order valence-corrected chi connectivity index (χ1v) is 9.05. The minimum atomic E-state index is -0.135. The van der Waals surface area contributed by atoms with Crippen molar-refractivity contribution in [3.05, 3.63) is 22.7 Å². The van der Waals surface area contributed by atoms with Gasteiger partial charge in [0, 0.05) is 13.1 Å². The van der Waals surface area contributed by atoms with Gasteiger partial charge in [-0.1, -0.05) is 25.4 Å². The van der Waals surface area contributed by atoms with Crippen LogP contribution in [0.2, 0.25) is 5.02 Å². The van der Waals surface area contributed by atoms with Crippen LogP contribution in [0.1, 0.15) is 32.3 Å². The molecule has 0 fully saturated rings. The van der Waals surface area contributed by atoms with Gasteiger partial charge in [0.2, 0.25) is 11.8 Å². The summed E-state index contributed by atoms with van der Waals surface area (Å²) in [7, 11) is 0. The van der Waals surface area contributed by atoms with Gasteiger partial charge in [-0.05, 0) is 30.5 Å². The lowest BCUT2D eigenvalue weighted by Crippen LogP contribution is -2.42. The first-order chi connectivity index (χ1) is 12.0. The van der Waals surface area contributed by atoms with Gasteiger partial charge in [0.15, 0.2) is 11.5 Å². The van der Waals surface area contributed by atoms with Crippen LogP contribution in [0.25, 0.3) is 0 Å². The number of hydrogen-bond donors (Lipinski definition) is 1. The van der Waals surface area contributed by atoms with Gasteiger partial charge in [-0.15, -0.1) is 0 Å². The third kappa shape index (κ3) is 5.53. The predicted octanol–water partition coefficient (Wildman–Crippen LogP) is 2.42. The molecule has 0 atom stereocenters. The van der Waals surface area contributed by atoms with E-state index in [4.69, 9.17) is 21.1 Å². The Labute approximate surface area is 153 Å². The van der Waals surface area contributed by atoms with E-state index in [0.29, 0.717) is 42.8 Å². The highest BCUT2D eigenvalue weighted by molar-refractivity contribution is 6.32. The van der Waals surface area contributed by atoms with Gasteiger partial charge in [0.05, 0.1) is 18.0 Å². The van der Waals surface area contributed by atoms with Crippen LogP contribution in [0.5, 0.6) is 11.5 Å². The predicted molar refractivity (Wildman–Crippen MR) is 96.3 cm³/mol. The Morgan fingerprint density at radius 1 is 1.20 bits per heavy atom. The average Bonchev–Trinajstić information content (AvgIpc) is 2.59. The molecule has 1 aromatic carbocycles. The van der Waals surface area contributed by atoms with E-state index in [2.05, 4.69) is 5.32 Å². The molecule has 2 amide bonds. The molecule has 1 aromatic rings. The SMILES string of the molecule is CCCNC(=O)CN(CCC)C(=O)Cc1cc(Cl)c2c(c1)OCCO2. The van der Waals surface area contributed by atoms with Gasteiger partial charge in [-0.3, -0.25) is 9.59 Å². The number of nitrogens with one attached hydrogen (secondary N) is 1. The van der Waals surface area contributed by atoms with Crippen LogP contribution in [0.4, 0.5) is 0 Å². The van der Waals surface area contributed by atoms with Crippen molar-refractivity contribution in [1.82, 2.24) is 10.2 Å². The Hall–Kier alpha value is -1.95. The number of carbonyl (C=O) groups excluding carboxylic acids is 2. The highest BCUT2D eigenvalue weighted by Gasteiger charge is 2.20. The highest BCUT2D eigenvalue weighted by Crippen LogP contribution is 2.38. The molecule has 0 aliphatic carbocycles. The lowest BCUT2D eigenvalue weighted by Gasteiger charge is -2.23. The smallest absolute Gasteiger partial charge is 0.239 e. The Morgan fingerprint density at radius 2 is 1.96 bits per heavy atom. The molecule has 0 unspecified atom stereocenters. The molecule has 6 nitrogen and oxygen atoms in total. The monoisotopic (exact) mass is 368 g/mol. The Balaban J connectivity index is 2.04. The standard InChI is InChI=1S/C18H25ClN2O4/c1-3-5-20-16(22)12-21(6-4-2)17(23)11-13-9-14(19)18-15(10-13)24-7-8-25-18/h9-10H,3-8,11-12H2,1-2H3,(H,20,22). The Kier molecular flexibility index (Phi) is 7.37. The molecular formula is C18H25ClN2O4. The lowest BCUT2D eigenvalue weighted by atomic mass is 10.1. The van der Waals surface area contributed by atoms with Gasteiger partial charge >= 0.3 is 0 Å². The summed E-state index contributed by atoms with van der Waals surface area (Å²) in [6, 6.07) is 3.49. The number of benzene rings is 1. The summed E-state index contributed by atoms with van der Waals surface area (Å²) in [5.41, 5.74) is 0.745. The first kappa shape index (κ1) is 19.4. The molecule has 0 spiro atoms. The third-order valence-electron chi connectivity index (χ3n) is 3.76. The minimum Gasteiger partial charge on any atom is -0.486 e. The second-order valence-corrected chi connectivity index (χ2v) is 6.35. The molecule has 0 radical (unpaired) electrons. The molecule has 0 aromatic heterocycles. The van der Waals surface area contributed by atoms with Crippen molar-refractivity contribution >= 4 is 23.4 Å². The summed E-state index contributed by atoms with van der Waals surface area (Å²) >= 11 is 6.22. The summed E-state index contributed by atoms with van der Waals surface area (Å²) in [4.78, 5) is 26.1. The molecule has 7 heteroatoms.